The number of hydrogen-bond acceptors (Lipinski definition) is 1. The van der Waals surface area contributed by atoms with E-state index in [2.05, 4.69) is 60.2 Å². The predicted molar refractivity (Wildman–Crippen MR) is 85.7 cm³/mol. The molecule has 3 aromatic rings. The molecule has 0 N–H and O–H groups in total. The van der Waals surface area contributed by atoms with E-state index in [1.165, 1.54) is 16.3 Å². The Morgan fingerprint density at radius 1 is 0.952 bits per heavy atom. The molecular weight excluding hydrogens is 258 g/mol. The van der Waals surface area contributed by atoms with Crippen LogP contribution < -0.4 is 4.74 Å². The molecule has 0 saturated heterocycles. The van der Waals surface area contributed by atoms with Crippen molar-refractivity contribution in [2.24, 2.45) is 0 Å². The summed E-state index contributed by atoms with van der Waals surface area (Å²) >= 11 is 0. The molecule has 0 spiro atoms. The molecule has 0 atom stereocenters. The third kappa shape index (κ3) is 2.00. The second-order valence-electron chi connectivity index (χ2n) is 5.35. The zero-order chi connectivity index (χ0) is 14.2. The molecule has 0 amide bonds. The van der Waals surface area contributed by atoms with Gasteiger partial charge in [0, 0.05) is 17.7 Å². The standard InChI is InChI=1S/C19H16NO/c1-14-18-10-6-5-7-15(18)11-16-12-20(13-21-19(14)16)17-8-3-2-4-9-17/h2-12H,13H2,1H3/q+1. The van der Waals surface area contributed by atoms with Crippen molar-refractivity contribution in [1.82, 2.24) is 0 Å². The topological polar surface area (TPSA) is 12.2 Å². The molecule has 1 aliphatic heterocycles. The Bertz CT molecular complexity index is 850. The Kier molecular flexibility index (Phi) is 2.74. The van der Waals surface area contributed by atoms with Crippen LogP contribution in [0.2, 0.25) is 0 Å². The molecule has 0 aliphatic carbocycles. The number of para-hydroxylation sites is 1. The average Bonchev–Trinajstić information content (AvgIpc) is 2.55. The van der Waals surface area contributed by atoms with E-state index in [4.69, 9.17) is 4.74 Å². The normalized spacial score (nSPS) is 13.5. The lowest BCUT2D eigenvalue weighted by molar-refractivity contribution is -0.476. The van der Waals surface area contributed by atoms with Gasteiger partial charge in [0.2, 0.25) is 5.69 Å². The van der Waals surface area contributed by atoms with Crippen molar-refractivity contribution in [3.05, 3.63) is 71.8 Å². The summed E-state index contributed by atoms with van der Waals surface area (Å²) in [5.74, 6) is 1.00. The van der Waals surface area contributed by atoms with Crippen LogP contribution in [0, 0.1) is 6.92 Å². The van der Waals surface area contributed by atoms with Crippen LogP contribution >= 0.6 is 0 Å². The second kappa shape index (κ2) is 4.74. The molecule has 4 rings (SSSR count). The number of hydrogen-bond donors (Lipinski definition) is 0. The molecule has 0 aromatic heterocycles. The van der Waals surface area contributed by atoms with E-state index >= 15 is 0 Å². The Hall–Kier alpha value is -2.61. The van der Waals surface area contributed by atoms with Gasteiger partial charge in [0.15, 0.2) is 6.21 Å². The first-order valence-corrected chi connectivity index (χ1v) is 7.14. The van der Waals surface area contributed by atoms with Crippen LogP contribution in [0.1, 0.15) is 11.1 Å². The summed E-state index contributed by atoms with van der Waals surface area (Å²) in [5.41, 5.74) is 3.50. The van der Waals surface area contributed by atoms with Gasteiger partial charge in [0.25, 0.3) is 6.73 Å². The Morgan fingerprint density at radius 2 is 1.71 bits per heavy atom. The summed E-state index contributed by atoms with van der Waals surface area (Å²) in [6, 6.07) is 21.0. The highest BCUT2D eigenvalue weighted by Crippen LogP contribution is 2.32. The molecule has 0 radical (unpaired) electrons. The minimum absolute atomic E-state index is 0.552. The van der Waals surface area contributed by atoms with Crippen LogP contribution in [0.25, 0.3) is 10.8 Å². The van der Waals surface area contributed by atoms with Crippen LogP contribution in [0.15, 0.2) is 60.7 Å². The van der Waals surface area contributed by atoms with Gasteiger partial charge in [0.1, 0.15) is 5.75 Å². The summed E-state index contributed by atoms with van der Waals surface area (Å²) in [4.78, 5) is 0. The van der Waals surface area contributed by atoms with E-state index in [-0.39, 0.29) is 0 Å². The number of ether oxygens (including phenoxy) is 1. The van der Waals surface area contributed by atoms with Gasteiger partial charge in [-0.2, -0.15) is 4.58 Å². The molecule has 1 heterocycles. The number of aryl methyl sites for hydroxylation is 1. The van der Waals surface area contributed by atoms with Crippen molar-refractivity contribution in [3.63, 3.8) is 0 Å². The number of nitrogens with zero attached hydrogens (tertiary/aromatic N) is 1. The summed E-state index contributed by atoms with van der Waals surface area (Å²) < 4.78 is 8.16. The third-order valence-corrected chi connectivity index (χ3v) is 4.01. The molecule has 2 nitrogen and oxygen atoms in total. The van der Waals surface area contributed by atoms with Crippen LogP contribution in [0.5, 0.6) is 5.75 Å². The van der Waals surface area contributed by atoms with Gasteiger partial charge >= 0.3 is 0 Å². The maximum absolute atomic E-state index is 6.02. The van der Waals surface area contributed by atoms with Crippen molar-refractivity contribution in [2.45, 2.75) is 6.92 Å². The Balaban J connectivity index is 1.91. The third-order valence-electron chi connectivity index (χ3n) is 4.01. The molecule has 1 aliphatic rings. The highest BCUT2D eigenvalue weighted by atomic mass is 16.5. The molecule has 0 fully saturated rings. The molecule has 21 heavy (non-hydrogen) atoms. The molecule has 0 saturated carbocycles. The quantitative estimate of drug-likeness (QED) is 0.604. The Labute approximate surface area is 123 Å². The lowest BCUT2D eigenvalue weighted by Gasteiger charge is -2.17. The number of benzene rings is 3. The summed E-state index contributed by atoms with van der Waals surface area (Å²) in [5, 5.41) is 2.52. The van der Waals surface area contributed by atoms with Crippen molar-refractivity contribution in [2.75, 3.05) is 6.73 Å². The maximum atomic E-state index is 6.02. The van der Waals surface area contributed by atoms with Crippen LogP contribution in [0.3, 0.4) is 0 Å². The first-order chi connectivity index (χ1) is 10.3. The van der Waals surface area contributed by atoms with Gasteiger partial charge in [-0.05, 0) is 23.8 Å². The van der Waals surface area contributed by atoms with Gasteiger partial charge < -0.3 is 4.74 Å². The van der Waals surface area contributed by atoms with E-state index in [0.717, 1.165) is 17.0 Å². The van der Waals surface area contributed by atoms with Crippen molar-refractivity contribution < 1.29 is 9.31 Å². The predicted octanol–water partition coefficient (Wildman–Crippen LogP) is 4.26. The summed E-state index contributed by atoms with van der Waals surface area (Å²) in [6.07, 6.45) is 2.17. The highest BCUT2D eigenvalue weighted by Gasteiger charge is 2.21. The van der Waals surface area contributed by atoms with Crippen molar-refractivity contribution >= 4 is 22.7 Å². The SMILES string of the molecule is Cc1c2c(cc3ccccc13)C=[N+](c1ccccc1)CO2. The largest absolute Gasteiger partial charge is 0.435 e. The monoisotopic (exact) mass is 274 g/mol. The molecule has 2 heteroatoms. The van der Waals surface area contributed by atoms with E-state index < -0.39 is 0 Å². The van der Waals surface area contributed by atoms with Gasteiger partial charge in [-0.1, -0.05) is 42.5 Å². The first kappa shape index (κ1) is 12.2. The molecule has 0 unspecified atom stereocenters. The minimum Gasteiger partial charge on any atom is -0.435 e. The van der Waals surface area contributed by atoms with Crippen LogP contribution in [-0.4, -0.2) is 17.5 Å². The van der Waals surface area contributed by atoms with E-state index in [1.54, 1.807) is 0 Å². The first-order valence-electron chi connectivity index (χ1n) is 7.14. The zero-order valence-electron chi connectivity index (χ0n) is 11.9. The van der Waals surface area contributed by atoms with Gasteiger partial charge in [-0.15, -0.1) is 0 Å². The minimum atomic E-state index is 0.552. The fourth-order valence-electron chi connectivity index (χ4n) is 2.93. The van der Waals surface area contributed by atoms with Gasteiger partial charge in [-0.3, -0.25) is 0 Å². The van der Waals surface area contributed by atoms with E-state index in [0.29, 0.717) is 6.73 Å². The van der Waals surface area contributed by atoms with Crippen LogP contribution in [0.4, 0.5) is 5.69 Å². The average molecular weight is 274 g/mol. The lowest BCUT2D eigenvalue weighted by Crippen LogP contribution is -2.21. The van der Waals surface area contributed by atoms with Crippen LogP contribution in [-0.2, 0) is 0 Å². The van der Waals surface area contributed by atoms with Crippen molar-refractivity contribution in [1.29, 1.82) is 0 Å². The van der Waals surface area contributed by atoms with Gasteiger partial charge in [-0.25, -0.2) is 0 Å². The van der Waals surface area contributed by atoms with Gasteiger partial charge in [0.05, 0.1) is 5.56 Å². The van der Waals surface area contributed by atoms with E-state index in [1.807, 2.05) is 18.2 Å². The summed E-state index contributed by atoms with van der Waals surface area (Å²) in [6.45, 7) is 2.68. The summed E-state index contributed by atoms with van der Waals surface area (Å²) in [7, 11) is 0. The maximum Gasteiger partial charge on any atom is 0.292 e. The van der Waals surface area contributed by atoms with Crippen molar-refractivity contribution in [3.8, 4) is 5.75 Å². The molecule has 0 bridgehead atoms. The van der Waals surface area contributed by atoms with E-state index in [9.17, 15) is 0 Å². The molecule has 3 aromatic carbocycles. The smallest absolute Gasteiger partial charge is 0.292 e. The Morgan fingerprint density at radius 3 is 2.57 bits per heavy atom. The molecule has 102 valence electrons. The number of rotatable bonds is 1. The fourth-order valence-corrected chi connectivity index (χ4v) is 2.93. The zero-order valence-corrected chi connectivity index (χ0v) is 11.9. The number of fused-ring (bicyclic) bond motifs is 2. The highest BCUT2D eigenvalue weighted by molar-refractivity contribution is 5.95. The lowest BCUT2D eigenvalue weighted by atomic mass is 10.00. The second-order valence-corrected chi connectivity index (χ2v) is 5.35. The molecular formula is C19H16NO+. The fraction of sp³-hybridized carbons (Fsp3) is 0.105.